The summed E-state index contributed by atoms with van der Waals surface area (Å²) in [6, 6.07) is 5.40. The topological polar surface area (TPSA) is 72.1 Å². The van der Waals surface area contributed by atoms with Crippen molar-refractivity contribution in [3.05, 3.63) is 46.5 Å². The van der Waals surface area contributed by atoms with Gasteiger partial charge in [-0.05, 0) is 38.5 Å². The molecule has 1 atom stereocenters. The average molecular weight is 296 g/mol. The Bertz CT molecular complexity index is 944. The molecule has 3 aromatic rings. The van der Waals surface area contributed by atoms with Crippen molar-refractivity contribution in [2.45, 2.75) is 26.9 Å². The highest BCUT2D eigenvalue weighted by Gasteiger charge is 2.13. The molecule has 0 aliphatic rings. The maximum atomic E-state index is 12.1. The SMILES string of the molecule is CC(=O)C(C)Oc1cc2[nH]c(=O)c3ccncc3c2cc1C. The van der Waals surface area contributed by atoms with Crippen LogP contribution in [-0.2, 0) is 4.79 Å². The molecule has 0 saturated carbocycles. The second-order valence-corrected chi connectivity index (χ2v) is 5.41. The Morgan fingerprint density at radius 3 is 2.77 bits per heavy atom. The smallest absolute Gasteiger partial charge is 0.256 e. The third-order valence-electron chi connectivity index (χ3n) is 3.80. The number of pyridine rings is 2. The third kappa shape index (κ3) is 2.35. The van der Waals surface area contributed by atoms with E-state index in [1.165, 1.54) is 6.92 Å². The lowest BCUT2D eigenvalue weighted by molar-refractivity contribution is -0.122. The lowest BCUT2D eigenvalue weighted by Crippen LogP contribution is -2.21. The van der Waals surface area contributed by atoms with Crippen LogP contribution in [0.3, 0.4) is 0 Å². The van der Waals surface area contributed by atoms with Crippen LogP contribution < -0.4 is 10.3 Å². The number of fused-ring (bicyclic) bond motifs is 3. The minimum absolute atomic E-state index is 0.0456. The van der Waals surface area contributed by atoms with Crippen molar-refractivity contribution in [1.82, 2.24) is 9.97 Å². The molecule has 1 aromatic carbocycles. The van der Waals surface area contributed by atoms with E-state index < -0.39 is 6.10 Å². The number of carbonyl (C=O) groups excluding carboxylic acids is 1. The first kappa shape index (κ1) is 14.3. The van der Waals surface area contributed by atoms with E-state index in [0.29, 0.717) is 16.7 Å². The zero-order chi connectivity index (χ0) is 15.9. The Kier molecular flexibility index (Phi) is 3.41. The van der Waals surface area contributed by atoms with Gasteiger partial charge in [0.15, 0.2) is 11.9 Å². The van der Waals surface area contributed by atoms with Crippen molar-refractivity contribution >= 4 is 27.5 Å². The summed E-state index contributed by atoms with van der Waals surface area (Å²) in [4.78, 5) is 30.5. The van der Waals surface area contributed by atoms with Gasteiger partial charge in [-0.1, -0.05) is 0 Å². The molecule has 2 aromatic heterocycles. The maximum absolute atomic E-state index is 12.1. The molecule has 0 aliphatic heterocycles. The number of carbonyl (C=O) groups is 1. The van der Waals surface area contributed by atoms with Crippen LogP contribution in [0.2, 0.25) is 0 Å². The van der Waals surface area contributed by atoms with Crippen molar-refractivity contribution in [3.63, 3.8) is 0 Å². The number of nitrogens with zero attached hydrogens (tertiary/aromatic N) is 1. The number of ether oxygens (including phenoxy) is 1. The summed E-state index contributed by atoms with van der Waals surface area (Å²) in [6.45, 7) is 5.11. The van der Waals surface area contributed by atoms with Crippen LogP contribution in [0.15, 0.2) is 35.4 Å². The average Bonchev–Trinajstić information content (AvgIpc) is 2.49. The molecule has 112 valence electrons. The number of H-pyrrole nitrogens is 1. The number of nitrogens with one attached hydrogen (secondary N) is 1. The van der Waals surface area contributed by atoms with Gasteiger partial charge in [0.2, 0.25) is 0 Å². The molecule has 22 heavy (non-hydrogen) atoms. The summed E-state index contributed by atoms with van der Waals surface area (Å²) in [5.74, 6) is 0.546. The van der Waals surface area contributed by atoms with E-state index in [9.17, 15) is 9.59 Å². The highest BCUT2D eigenvalue weighted by Crippen LogP contribution is 2.28. The standard InChI is InChI=1S/C17H16N2O3/c1-9-6-13-14-8-18-5-4-12(14)17(21)19-15(13)7-16(9)22-11(3)10(2)20/h4-8,11H,1-3H3,(H,19,21). The molecule has 0 aliphatic carbocycles. The fourth-order valence-corrected chi connectivity index (χ4v) is 2.41. The quantitative estimate of drug-likeness (QED) is 0.754. The minimum Gasteiger partial charge on any atom is -0.483 e. The van der Waals surface area contributed by atoms with Crippen molar-refractivity contribution < 1.29 is 9.53 Å². The van der Waals surface area contributed by atoms with Gasteiger partial charge in [-0.25, -0.2) is 0 Å². The predicted molar refractivity (Wildman–Crippen MR) is 85.4 cm³/mol. The minimum atomic E-state index is -0.523. The second kappa shape index (κ2) is 5.26. The number of ketones is 1. The third-order valence-corrected chi connectivity index (χ3v) is 3.80. The van der Waals surface area contributed by atoms with E-state index in [1.807, 2.05) is 13.0 Å². The molecule has 3 rings (SSSR count). The number of hydrogen-bond donors (Lipinski definition) is 1. The van der Waals surface area contributed by atoms with Gasteiger partial charge in [-0.2, -0.15) is 0 Å². The molecule has 0 saturated heterocycles. The van der Waals surface area contributed by atoms with Crippen LogP contribution >= 0.6 is 0 Å². The van der Waals surface area contributed by atoms with E-state index in [-0.39, 0.29) is 11.3 Å². The second-order valence-electron chi connectivity index (χ2n) is 5.41. The van der Waals surface area contributed by atoms with Gasteiger partial charge in [0, 0.05) is 29.2 Å². The Morgan fingerprint density at radius 1 is 1.27 bits per heavy atom. The number of Topliss-reactive ketones (excluding diaryl/α,β-unsaturated/α-hetero) is 1. The predicted octanol–water partition coefficient (Wildman–Crippen LogP) is 2.74. The number of aromatic nitrogens is 2. The molecule has 1 N–H and O–H groups in total. The summed E-state index contributed by atoms with van der Waals surface area (Å²) >= 11 is 0. The number of rotatable bonds is 3. The van der Waals surface area contributed by atoms with E-state index in [2.05, 4.69) is 9.97 Å². The highest BCUT2D eigenvalue weighted by atomic mass is 16.5. The number of hydrogen-bond acceptors (Lipinski definition) is 4. The first-order valence-corrected chi connectivity index (χ1v) is 7.05. The molecule has 5 nitrogen and oxygen atoms in total. The lowest BCUT2D eigenvalue weighted by atomic mass is 10.1. The van der Waals surface area contributed by atoms with Gasteiger partial charge in [0.1, 0.15) is 5.75 Å². The zero-order valence-corrected chi connectivity index (χ0v) is 12.6. The van der Waals surface area contributed by atoms with Gasteiger partial charge >= 0.3 is 0 Å². The van der Waals surface area contributed by atoms with E-state index in [1.54, 1.807) is 31.5 Å². The molecular formula is C17H16N2O3. The van der Waals surface area contributed by atoms with Gasteiger partial charge in [-0.3, -0.25) is 14.6 Å². The van der Waals surface area contributed by atoms with Crippen LogP contribution in [-0.4, -0.2) is 21.9 Å². The molecule has 0 spiro atoms. The Labute approximate surface area is 126 Å². The Morgan fingerprint density at radius 2 is 2.05 bits per heavy atom. The van der Waals surface area contributed by atoms with Crippen LogP contribution in [0.5, 0.6) is 5.75 Å². The number of aromatic amines is 1. The monoisotopic (exact) mass is 296 g/mol. The van der Waals surface area contributed by atoms with E-state index in [0.717, 1.165) is 16.3 Å². The fraction of sp³-hybridized carbons (Fsp3) is 0.235. The van der Waals surface area contributed by atoms with Gasteiger partial charge in [0.05, 0.1) is 10.9 Å². The van der Waals surface area contributed by atoms with E-state index in [4.69, 9.17) is 4.74 Å². The summed E-state index contributed by atoms with van der Waals surface area (Å²) in [5, 5.41) is 2.31. The van der Waals surface area contributed by atoms with Gasteiger partial charge in [-0.15, -0.1) is 0 Å². The Balaban J connectivity index is 2.24. The van der Waals surface area contributed by atoms with Gasteiger partial charge in [0.25, 0.3) is 5.56 Å². The summed E-state index contributed by atoms with van der Waals surface area (Å²) in [6.07, 6.45) is 2.76. The largest absolute Gasteiger partial charge is 0.483 e. The van der Waals surface area contributed by atoms with Crippen LogP contribution in [0.25, 0.3) is 21.7 Å². The summed E-state index contributed by atoms with van der Waals surface area (Å²) in [5.41, 5.74) is 1.40. The van der Waals surface area contributed by atoms with E-state index >= 15 is 0 Å². The van der Waals surface area contributed by atoms with Crippen LogP contribution in [0.4, 0.5) is 0 Å². The van der Waals surface area contributed by atoms with Crippen molar-refractivity contribution in [2.75, 3.05) is 0 Å². The molecular weight excluding hydrogens is 280 g/mol. The number of benzene rings is 1. The van der Waals surface area contributed by atoms with Gasteiger partial charge < -0.3 is 9.72 Å². The van der Waals surface area contributed by atoms with Crippen molar-refractivity contribution in [2.24, 2.45) is 0 Å². The molecule has 0 amide bonds. The van der Waals surface area contributed by atoms with Crippen molar-refractivity contribution in [3.8, 4) is 5.75 Å². The fourth-order valence-electron chi connectivity index (χ4n) is 2.41. The molecule has 0 radical (unpaired) electrons. The zero-order valence-electron chi connectivity index (χ0n) is 12.6. The molecule has 0 fully saturated rings. The molecule has 2 heterocycles. The first-order valence-electron chi connectivity index (χ1n) is 7.05. The number of aryl methyl sites for hydroxylation is 1. The van der Waals surface area contributed by atoms with Crippen molar-refractivity contribution in [1.29, 1.82) is 0 Å². The molecule has 5 heteroatoms. The summed E-state index contributed by atoms with van der Waals surface area (Å²) in [7, 11) is 0. The molecule has 0 bridgehead atoms. The normalized spacial score (nSPS) is 12.5. The summed E-state index contributed by atoms with van der Waals surface area (Å²) < 4.78 is 5.68. The molecule has 1 unspecified atom stereocenters. The lowest BCUT2D eigenvalue weighted by Gasteiger charge is -2.15. The van der Waals surface area contributed by atoms with Crippen LogP contribution in [0.1, 0.15) is 19.4 Å². The maximum Gasteiger partial charge on any atom is 0.256 e. The highest BCUT2D eigenvalue weighted by molar-refractivity contribution is 6.05. The first-order chi connectivity index (χ1) is 10.5. The van der Waals surface area contributed by atoms with Crippen LogP contribution in [0, 0.1) is 6.92 Å². The Hall–Kier alpha value is -2.69.